The molecule has 0 radical (unpaired) electrons. The number of aryl methyl sites for hydroxylation is 1. The zero-order chi connectivity index (χ0) is 32.8. The molecule has 0 saturated heterocycles. The number of carbonyl (C=O) groups excluding carboxylic acids is 3. The van der Waals surface area contributed by atoms with E-state index in [4.69, 9.17) is 14.2 Å². The monoisotopic (exact) mass is 622 g/mol. The molecular formula is C35H42O10. The van der Waals surface area contributed by atoms with Crippen molar-refractivity contribution in [3.05, 3.63) is 60.2 Å². The molecular weight excluding hydrogens is 580 g/mol. The SMILES string of the molecule is CC(CO)(CO)C(=O)OCC(C)(COC(=O)C(C)(CO)CO)C(=O)OCCCCc1ccc2ccc3cccc4ccc1c2c34. The van der Waals surface area contributed by atoms with Crippen LogP contribution in [0.3, 0.4) is 0 Å². The van der Waals surface area contributed by atoms with Crippen molar-refractivity contribution in [2.45, 2.75) is 40.0 Å². The van der Waals surface area contributed by atoms with E-state index in [1.54, 1.807) is 0 Å². The Morgan fingerprint density at radius 1 is 0.578 bits per heavy atom. The van der Waals surface area contributed by atoms with E-state index in [0.717, 1.165) is 12.8 Å². The Hall–Kier alpha value is -3.83. The highest BCUT2D eigenvalue weighted by molar-refractivity contribution is 6.23. The summed E-state index contributed by atoms with van der Waals surface area (Å²) in [7, 11) is 0. The molecule has 0 aliphatic carbocycles. The van der Waals surface area contributed by atoms with Gasteiger partial charge in [-0.25, -0.2) is 0 Å². The Labute approximate surface area is 261 Å². The first-order valence-corrected chi connectivity index (χ1v) is 15.1. The molecule has 0 saturated carbocycles. The van der Waals surface area contributed by atoms with Crippen molar-refractivity contribution in [1.82, 2.24) is 0 Å². The fourth-order valence-corrected chi connectivity index (χ4v) is 5.09. The molecule has 0 fully saturated rings. The largest absolute Gasteiger partial charge is 0.465 e. The van der Waals surface area contributed by atoms with Gasteiger partial charge in [-0.2, -0.15) is 0 Å². The van der Waals surface area contributed by atoms with Gasteiger partial charge in [-0.3, -0.25) is 14.4 Å². The lowest BCUT2D eigenvalue weighted by Gasteiger charge is -2.30. The van der Waals surface area contributed by atoms with Crippen LogP contribution in [0.5, 0.6) is 0 Å². The van der Waals surface area contributed by atoms with E-state index >= 15 is 0 Å². The second kappa shape index (κ2) is 14.1. The second-order valence-corrected chi connectivity index (χ2v) is 12.6. The molecule has 0 aliphatic rings. The maximum absolute atomic E-state index is 13.3. The topological polar surface area (TPSA) is 160 Å². The molecule has 0 amide bonds. The number of hydrogen-bond acceptors (Lipinski definition) is 10. The minimum absolute atomic E-state index is 0.0676. The van der Waals surface area contributed by atoms with E-state index in [0.29, 0.717) is 6.42 Å². The van der Waals surface area contributed by atoms with Gasteiger partial charge in [-0.05, 0) is 77.9 Å². The Morgan fingerprint density at radius 3 is 1.58 bits per heavy atom. The lowest BCUT2D eigenvalue weighted by Crippen LogP contribution is -2.45. The average Bonchev–Trinajstić information content (AvgIpc) is 3.07. The van der Waals surface area contributed by atoms with Crippen LogP contribution in [0.4, 0.5) is 0 Å². The minimum Gasteiger partial charge on any atom is -0.465 e. The molecule has 4 aromatic carbocycles. The summed E-state index contributed by atoms with van der Waals surface area (Å²) in [5.41, 5.74) is -3.64. The molecule has 0 bridgehead atoms. The van der Waals surface area contributed by atoms with Crippen molar-refractivity contribution in [1.29, 1.82) is 0 Å². The van der Waals surface area contributed by atoms with E-state index < -0.39 is 73.8 Å². The predicted molar refractivity (Wildman–Crippen MR) is 169 cm³/mol. The van der Waals surface area contributed by atoms with Crippen LogP contribution in [-0.2, 0) is 35.0 Å². The maximum atomic E-state index is 13.3. The van der Waals surface area contributed by atoms with Crippen molar-refractivity contribution in [2.75, 3.05) is 46.2 Å². The molecule has 0 heterocycles. The van der Waals surface area contributed by atoms with Crippen LogP contribution in [0, 0.1) is 16.2 Å². The van der Waals surface area contributed by atoms with Gasteiger partial charge >= 0.3 is 17.9 Å². The van der Waals surface area contributed by atoms with Crippen molar-refractivity contribution in [2.24, 2.45) is 16.2 Å². The van der Waals surface area contributed by atoms with Crippen LogP contribution in [-0.4, -0.2) is 84.6 Å². The van der Waals surface area contributed by atoms with Gasteiger partial charge < -0.3 is 34.6 Å². The van der Waals surface area contributed by atoms with Crippen LogP contribution >= 0.6 is 0 Å². The number of benzene rings is 4. The first kappa shape index (κ1) is 34.1. The number of aliphatic hydroxyl groups is 4. The van der Waals surface area contributed by atoms with E-state index in [2.05, 4.69) is 54.6 Å². The molecule has 0 unspecified atom stereocenters. The molecule has 0 aliphatic heterocycles. The highest BCUT2D eigenvalue weighted by atomic mass is 16.6. The molecule has 0 atom stereocenters. The molecule has 10 nitrogen and oxygen atoms in total. The summed E-state index contributed by atoms with van der Waals surface area (Å²) >= 11 is 0. The summed E-state index contributed by atoms with van der Waals surface area (Å²) in [5, 5.41) is 45.4. The molecule has 4 N–H and O–H groups in total. The van der Waals surface area contributed by atoms with Crippen molar-refractivity contribution >= 4 is 50.2 Å². The fraction of sp³-hybridized carbons (Fsp3) is 0.457. The quantitative estimate of drug-likeness (QED) is 0.0630. The van der Waals surface area contributed by atoms with Crippen LogP contribution < -0.4 is 0 Å². The van der Waals surface area contributed by atoms with Gasteiger partial charge in [0, 0.05) is 0 Å². The third-order valence-electron chi connectivity index (χ3n) is 8.61. The highest BCUT2D eigenvalue weighted by Crippen LogP contribution is 2.36. The van der Waals surface area contributed by atoms with Crippen LogP contribution in [0.25, 0.3) is 32.3 Å². The molecule has 45 heavy (non-hydrogen) atoms. The maximum Gasteiger partial charge on any atom is 0.318 e. The van der Waals surface area contributed by atoms with E-state index in [1.807, 2.05) is 0 Å². The van der Waals surface area contributed by atoms with Gasteiger partial charge in [-0.15, -0.1) is 0 Å². The van der Waals surface area contributed by atoms with Gasteiger partial charge in [0.15, 0.2) is 0 Å². The van der Waals surface area contributed by atoms with Crippen molar-refractivity contribution < 1.29 is 49.0 Å². The molecule has 0 spiro atoms. The van der Waals surface area contributed by atoms with Crippen molar-refractivity contribution in [3.8, 4) is 0 Å². The minimum atomic E-state index is -1.64. The van der Waals surface area contributed by atoms with Crippen LogP contribution in [0.1, 0.15) is 39.2 Å². The summed E-state index contributed by atoms with van der Waals surface area (Å²) in [6.45, 7) is 0.205. The number of rotatable bonds is 16. The lowest BCUT2D eigenvalue weighted by atomic mass is 9.90. The van der Waals surface area contributed by atoms with Crippen LogP contribution in [0.15, 0.2) is 54.6 Å². The summed E-state index contributed by atoms with van der Waals surface area (Å²) in [5.74, 6) is -2.67. The third-order valence-corrected chi connectivity index (χ3v) is 8.61. The smallest absolute Gasteiger partial charge is 0.318 e. The zero-order valence-corrected chi connectivity index (χ0v) is 26.0. The Kier molecular flexibility index (Phi) is 10.7. The number of ether oxygens (including phenoxy) is 3. The highest BCUT2D eigenvalue weighted by Gasteiger charge is 2.43. The molecule has 4 aromatic rings. The van der Waals surface area contributed by atoms with Gasteiger partial charge in [0.2, 0.25) is 0 Å². The van der Waals surface area contributed by atoms with Gasteiger partial charge in [0.05, 0.1) is 33.0 Å². The molecule has 242 valence electrons. The summed E-state index contributed by atoms with van der Waals surface area (Å²) < 4.78 is 16.1. The standard InChI is InChI=1S/C35H42O10/c1-33(17-36,18-37)30(40)44-21-35(3,22-45-31(41)34(2,19-38)20-39)32(42)43-16-5-4-7-23-10-11-26-13-12-24-8-6-9-25-14-15-27(23)29(26)28(24)25/h6,8-15,36-39H,4-5,7,16-22H2,1-3H3. The lowest BCUT2D eigenvalue weighted by molar-refractivity contribution is -0.179. The number of unbranched alkanes of at least 4 members (excludes halogenated alkanes) is 1. The van der Waals surface area contributed by atoms with E-state index in [-0.39, 0.29) is 6.61 Å². The zero-order valence-electron chi connectivity index (χ0n) is 26.0. The van der Waals surface area contributed by atoms with Crippen LogP contribution in [0.2, 0.25) is 0 Å². The molecule has 4 rings (SSSR count). The van der Waals surface area contributed by atoms with E-state index in [9.17, 15) is 34.8 Å². The summed E-state index contributed by atoms with van der Waals surface area (Å²) in [4.78, 5) is 38.4. The first-order chi connectivity index (χ1) is 21.4. The number of aliphatic hydroxyl groups excluding tert-OH is 4. The number of esters is 3. The average molecular weight is 623 g/mol. The summed E-state index contributed by atoms with van der Waals surface area (Å²) in [6, 6.07) is 19.1. The summed E-state index contributed by atoms with van der Waals surface area (Å²) in [6.07, 6.45) is 2.04. The third kappa shape index (κ3) is 7.04. The Bertz CT molecular complexity index is 1590. The fourth-order valence-electron chi connectivity index (χ4n) is 5.09. The van der Waals surface area contributed by atoms with Gasteiger partial charge in [0.1, 0.15) is 29.5 Å². The van der Waals surface area contributed by atoms with Gasteiger partial charge in [0.25, 0.3) is 0 Å². The normalized spacial score (nSPS) is 12.6. The Morgan fingerprint density at radius 2 is 1.04 bits per heavy atom. The number of hydrogen-bond donors (Lipinski definition) is 4. The molecule has 10 heteroatoms. The van der Waals surface area contributed by atoms with E-state index in [1.165, 1.54) is 58.7 Å². The van der Waals surface area contributed by atoms with Gasteiger partial charge in [-0.1, -0.05) is 54.6 Å². The molecule has 0 aromatic heterocycles. The van der Waals surface area contributed by atoms with Crippen molar-refractivity contribution in [3.63, 3.8) is 0 Å². The second-order valence-electron chi connectivity index (χ2n) is 12.6. The Balaban J connectivity index is 1.40. The predicted octanol–water partition coefficient (Wildman–Crippen LogP) is 3.52. The number of carbonyl (C=O) groups is 3. The first-order valence-electron chi connectivity index (χ1n) is 15.1.